The van der Waals surface area contributed by atoms with Crippen molar-refractivity contribution in [3.8, 4) is 0 Å². The molecule has 0 saturated carbocycles. The summed E-state index contributed by atoms with van der Waals surface area (Å²) in [6.07, 6.45) is 1.56. The third-order valence-corrected chi connectivity index (χ3v) is 9.31. The van der Waals surface area contributed by atoms with Crippen molar-refractivity contribution in [3.63, 3.8) is 0 Å². The first-order chi connectivity index (χ1) is 17.1. The number of nitrogens with zero attached hydrogens (tertiary/aromatic N) is 2. The number of carbonyl (C=O) groups is 1. The third kappa shape index (κ3) is 4.09. The van der Waals surface area contributed by atoms with Crippen molar-refractivity contribution in [2.75, 3.05) is 7.11 Å². The Balaban J connectivity index is 1.95. The number of fused-ring (bicyclic) bond motifs is 1. The molecule has 5 rings (SSSR count). The number of esters is 1. The summed E-state index contributed by atoms with van der Waals surface area (Å²) in [7, 11) is -1.39. The van der Waals surface area contributed by atoms with Crippen LogP contribution in [0.5, 0.6) is 0 Å². The van der Waals surface area contributed by atoms with Gasteiger partial charge in [-0.3, -0.25) is 0 Å². The van der Waals surface area contributed by atoms with Crippen LogP contribution in [0.25, 0.3) is 11.0 Å². The highest BCUT2D eigenvalue weighted by Gasteiger charge is 2.28. The van der Waals surface area contributed by atoms with E-state index in [1.54, 1.807) is 12.3 Å². The molecule has 2 aromatic heterocycles. The predicted molar refractivity (Wildman–Crippen MR) is 139 cm³/mol. The van der Waals surface area contributed by atoms with Gasteiger partial charge in [0.2, 0.25) is 0 Å². The lowest BCUT2D eigenvalue weighted by Gasteiger charge is -2.26. The Bertz CT molecular complexity index is 1510. The zero-order chi connectivity index (χ0) is 24.3. The van der Waals surface area contributed by atoms with Crippen LogP contribution in [0.1, 0.15) is 10.4 Å². The van der Waals surface area contributed by atoms with E-state index in [2.05, 4.69) is 41.4 Å². The summed E-state index contributed by atoms with van der Waals surface area (Å²) >= 11 is 0. The van der Waals surface area contributed by atoms with Gasteiger partial charge in [0, 0.05) is 33.6 Å². The Morgan fingerprint density at radius 3 is 1.83 bits per heavy atom. The maximum atomic E-state index is 12.4. The van der Waals surface area contributed by atoms with E-state index in [9.17, 15) is 9.59 Å². The number of aromatic nitrogens is 1. The molecule has 2 heterocycles. The van der Waals surface area contributed by atoms with Crippen molar-refractivity contribution >= 4 is 45.7 Å². The number of hydrogen-bond acceptors (Lipinski definition) is 6. The van der Waals surface area contributed by atoms with Gasteiger partial charge < -0.3 is 9.15 Å². The molecule has 172 valence electrons. The zero-order valence-corrected chi connectivity index (χ0v) is 19.8. The van der Waals surface area contributed by atoms with Gasteiger partial charge in [-0.15, -0.1) is 0 Å². The summed E-state index contributed by atoms with van der Waals surface area (Å²) in [5.41, 5.74) is -0.418. The molecular formula is C28H21N2O4P. The van der Waals surface area contributed by atoms with Gasteiger partial charge in [0.1, 0.15) is 0 Å². The van der Waals surface area contributed by atoms with Crippen molar-refractivity contribution in [2.24, 2.45) is 4.74 Å². The van der Waals surface area contributed by atoms with Crippen LogP contribution in [-0.2, 0) is 4.74 Å². The number of methoxy groups -OCH3 is 1. The smallest absolute Gasteiger partial charge is 0.338 e. The Labute approximate surface area is 201 Å². The second-order valence-electron chi connectivity index (χ2n) is 7.72. The van der Waals surface area contributed by atoms with E-state index >= 15 is 0 Å². The zero-order valence-electron chi connectivity index (χ0n) is 18.9. The lowest BCUT2D eigenvalue weighted by atomic mass is 10.1. The largest absolute Gasteiger partial charge is 0.465 e. The van der Waals surface area contributed by atoms with Gasteiger partial charge in [-0.25, -0.2) is 19.3 Å². The van der Waals surface area contributed by atoms with Crippen LogP contribution in [-0.4, -0.2) is 18.1 Å². The molecule has 0 aliphatic carbocycles. The fourth-order valence-corrected chi connectivity index (χ4v) is 7.60. The average Bonchev–Trinajstić information content (AvgIpc) is 2.92. The Morgan fingerprint density at radius 1 is 0.829 bits per heavy atom. The molecule has 0 bridgehead atoms. The van der Waals surface area contributed by atoms with Crippen LogP contribution in [0.3, 0.4) is 0 Å². The Hall–Kier alpha value is -4.28. The molecule has 3 aromatic carbocycles. The molecule has 6 nitrogen and oxygen atoms in total. The Kier molecular flexibility index (Phi) is 6.13. The van der Waals surface area contributed by atoms with E-state index in [4.69, 9.17) is 13.9 Å². The van der Waals surface area contributed by atoms with Crippen LogP contribution >= 0.6 is 7.05 Å². The van der Waals surface area contributed by atoms with Crippen LogP contribution in [0.2, 0.25) is 0 Å². The summed E-state index contributed by atoms with van der Waals surface area (Å²) in [5, 5.41) is 3.46. The van der Waals surface area contributed by atoms with E-state index in [0.29, 0.717) is 5.39 Å². The fraction of sp³-hybridized carbons (Fsp3) is 0.0357. The second-order valence-corrected chi connectivity index (χ2v) is 10.7. The topological polar surface area (TPSA) is 81.8 Å². The SMILES string of the molecule is COC(=O)c1cc(=O)oc2c(N=P(c3ccccc3)(c3ccccc3)c3ccccc3)nccc12. The van der Waals surface area contributed by atoms with Crippen molar-refractivity contribution in [1.82, 2.24) is 4.98 Å². The molecule has 0 atom stereocenters. The molecule has 0 saturated heterocycles. The monoisotopic (exact) mass is 480 g/mol. The molecule has 0 aliphatic heterocycles. The second kappa shape index (κ2) is 9.53. The summed E-state index contributed by atoms with van der Waals surface area (Å²) in [6.45, 7) is 0. The number of ether oxygens (including phenoxy) is 1. The van der Waals surface area contributed by atoms with Gasteiger partial charge in [0.05, 0.1) is 19.7 Å². The van der Waals surface area contributed by atoms with Gasteiger partial charge in [-0.05, 0) is 6.07 Å². The lowest BCUT2D eigenvalue weighted by molar-refractivity contribution is 0.0602. The number of benzene rings is 3. The number of hydrogen-bond donors (Lipinski definition) is 0. The molecule has 0 aliphatic rings. The molecule has 0 amide bonds. The lowest BCUT2D eigenvalue weighted by Crippen LogP contribution is -2.25. The highest BCUT2D eigenvalue weighted by Crippen LogP contribution is 2.49. The van der Waals surface area contributed by atoms with Crippen LogP contribution in [0, 0.1) is 0 Å². The standard InChI is InChI=1S/C28H21N2O4P/c1-33-28(32)24-19-25(31)34-26-23(24)17-18-29-27(26)30-35(20-11-5-2-6-12-20,21-13-7-3-8-14-21)22-15-9-4-10-16-22/h2-19H,1H3. The quantitative estimate of drug-likeness (QED) is 0.267. The number of carbonyl (C=O) groups excluding carboxylic acids is 1. The van der Waals surface area contributed by atoms with E-state index < -0.39 is 18.6 Å². The normalized spacial score (nSPS) is 11.2. The van der Waals surface area contributed by atoms with Gasteiger partial charge >= 0.3 is 11.6 Å². The minimum atomic E-state index is -2.66. The Morgan fingerprint density at radius 2 is 1.34 bits per heavy atom. The molecular weight excluding hydrogens is 459 g/mol. The minimum absolute atomic E-state index is 0.112. The molecule has 0 spiro atoms. The summed E-state index contributed by atoms with van der Waals surface area (Å²) < 4.78 is 15.8. The molecule has 35 heavy (non-hydrogen) atoms. The fourth-order valence-electron chi connectivity index (χ4n) is 4.12. The highest BCUT2D eigenvalue weighted by molar-refractivity contribution is 7.87. The van der Waals surface area contributed by atoms with E-state index in [-0.39, 0.29) is 17.0 Å². The summed E-state index contributed by atoms with van der Waals surface area (Å²) in [4.78, 5) is 29.3. The summed E-state index contributed by atoms with van der Waals surface area (Å²) in [6, 6.07) is 32.9. The molecule has 0 N–H and O–H groups in total. The number of rotatable bonds is 5. The van der Waals surface area contributed by atoms with Crippen molar-refractivity contribution < 1.29 is 13.9 Å². The molecule has 0 fully saturated rings. The first kappa shape index (κ1) is 22.5. The first-order valence-electron chi connectivity index (χ1n) is 10.9. The first-order valence-corrected chi connectivity index (χ1v) is 12.7. The van der Waals surface area contributed by atoms with Crippen LogP contribution < -0.4 is 21.5 Å². The van der Waals surface area contributed by atoms with Gasteiger partial charge in [0.25, 0.3) is 0 Å². The molecule has 0 radical (unpaired) electrons. The molecule has 5 aromatic rings. The van der Waals surface area contributed by atoms with Crippen molar-refractivity contribution in [3.05, 3.63) is 125 Å². The predicted octanol–water partition coefficient (Wildman–Crippen LogP) is 4.78. The minimum Gasteiger partial charge on any atom is -0.465 e. The van der Waals surface area contributed by atoms with E-state index in [0.717, 1.165) is 22.0 Å². The summed E-state index contributed by atoms with van der Waals surface area (Å²) in [5.74, 6) is -0.384. The maximum absolute atomic E-state index is 12.4. The van der Waals surface area contributed by atoms with E-state index in [1.165, 1.54) is 7.11 Å². The van der Waals surface area contributed by atoms with Gasteiger partial charge in [0.15, 0.2) is 11.4 Å². The van der Waals surface area contributed by atoms with Crippen molar-refractivity contribution in [1.29, 1.82) is 0 Å². The third-order valence-electron chi connectivity index (χ3n) is 5.68. The van der Waals surface area contributed by atoms with Crippen LogP contribution in [0.4, 0.5) is 5.82 Å². The maximum Gasteiger partial charge on any atom is 0.338 e. The van der Waals surface area contributed by atoms with Gasteiger partial charge in [-0.2, -0.15) is 0 Å². The average molecular weight is 480 g/mol. The number of pyridine rings is 1. The molecule has 0 unspecified atom stereocenters. The highest BCUT2D eigenvalue weighted by atomic mass is 31.2. The van der Waals surface area contributed by atoms with Gasteiger partial charge in [-0.1, -0.05) is 91.0 Å². The van der Waals surface area contributed by atoms with Crippen LogP contribution in [0.15, 0.2) is 123 Å². The molecule has 7 heteroatoms. The van der Waals surface area contributed by atoms with Crippen molar-refractivity contribution in [2.45, 2.75) is 0 Å². The van der Waals surface area contributed by atoms with E-state index in [1.807, 2.05) is 54.6 Å².